The summed E-state index contributed by atoms with van der Waals surface area (Å²) < 4.78 is 0. The molecule has 0 aliphatic carbocycles. The quantitative estimate of drug-likeness (QED) is 0.0475. The van der Waals surface area contributed by atoms with E-state index in [1.165, 1.54) is 0 Å². The summed E-state index contributed by atoms with van der Waals surface area (Å²) in [5, 5.41) is 33.0. The van der Waals surface area contributed by atoms with Crippen molar-refractivity contribution in [1.29, 1.82) is 0 Å². The highest BCUT2D eigenvalue weighted by Gasteiger charge is 2.29. The minimum absolute atomic E-state index is 0.0391. The summed E-state index contributed by atoms with van der Waals surface area (Å²) >= 11 is 0. The molecule has 0 saturated heterocycles. The number of carboxylic acid groups (broad SMARTS) is 2. The Morgan fingerprint density at radius 1 is 0.571 bits per heavy atom. The van der Waals surface area contributed by atoms with E-state index in [0.29, 0.717) is 22.6 Å². The Labute approximate surface area is 331 Å². The number of carbonyl (C=O) groups excluding carboxylic acids is 1. The van der Waals surface area contributed by atoms with E-state index in [4.69, 9.17) is 0 Å². The average molecular weight is 766 g/mol. The summed E-state index contributed by atoms with van der Waals surface area (Å²) in [6, 6.07) is 21.6. The molecule has 56 heavy (non-hydrogen) atoms. The van der Waals surface area contributed by atoms with Crippen molar-refractivity contribution in [2.75, 3.05) is 16.0 Å². The second-order valence-corrected chi connectivity index (χ2v) is 15.5. The van der Waals surface area contributed by atoms with E-state index in [-0.39, 0.29) is 41.1 Å². The van der Waals surface area contributed by atoms with Gasteiger partial charge in [0.2, 0.25) is 17.8 Å². The number of aromatic nitrogens is 3. The molecule has 4 atom stereocenters. The normalized spacial score (nSPS) is 13.6. The number of amides is 1. The van der Waals surface area contributed by atoms with E-state index in [0.717, 1.165) is 62.5 Å². The Kier molecular flexibility index (Phi) is 15.8. The lowest BCUT2D eigenvalue weighted by molar-refractivity contribution is -0.141. The summed E-state index contributed by atoms with van der Waals surface area (Å²) in [5.74, 6) is -2.27. The van der Waals surface area contributed by atoms with Crippen LogP contribution in [0.3, 0.4) is 0 Å². The molecule has 0 aliphatic heterocycles. The standard InChI is InChI=1S/C44H59N7O5/c1-8-12-14-28(10-3)36(39(53)54)30-16-22-33(23-17-30)45-41-48-42(46-34-24-18-31(19-25-34)37(40(55)56)29(11-4)15-13-9-2)50-43(49-41)47-35-26-20-32(21-27-35)38(52)51-44(5,6)7/h16-29,36-37H,8-15H2,1-7H3,(H,51,52)(H,53,54)(H,55,56)(H3,45,46,47,48,49,50). The molecule has 4 unspecified atom stereocenters. The molecular formula is C44H59N7O5. The van der Waals surface area contributed by atoms with Crippen molar-refractivity contribution in [2.24, 2.45) is 11.8 Å². The molecule has 4 aromatic rings. The number of hydrogen-bond acceptors (Lipinski definition) is 9. The number of hydrogen-bond donors (Lipinski definition) is 6. The molecule has 0 saturated carbocycles. The van der Waals surface area contributed by atoms with Crippen LogP contribution in [-0.4, -0.2) is 48.5 Å². The van der Waals surface area contributed by atoms with Gasteiger partial charge in [0.15, 0.2) is 0 Å². The van der Waals surface area contributed by atoms with Gasteiger partial charge in [-0.25, -0.2) is 0 Å². The largest absolute Gasteiger partial charge is 0.481 e. The number of aliphatic carboxylic acids is 2. The molecule has 4 rings (SSSR count). The molecule has 0 spiro atoms. The fourth-order valence-electron chi connectivity index (χ4n) is 6.97. The smallest absolute Gasteiger partial charge is 0.311 e. The number of anilines is 6. The van der Waals surface area contributed by atoms with Gasteiger partial charge in [-0.1, -0.05) is 90.5 Å². The second-order valence-electron chi connectivity index (χ2n) is 15.5. The number of carboxylic acids is 2. The van der Waals surface area contributed by atoms with Crippen LogP contribution in [0.5, 0.6) is 0 Å². The zero-order chi connectivity index (χ0) is 40.8. The zero-order valence-electron chi connectivity index (χ0n) is 33.9. The fourth-order valence-corrected chi connectivity index (χ4v) is 6.97. The Morgan fingerprint density at radius 2 is 0.911 bits per heavy atom. The molecule has 12 heteroatoms. The molecule has 1 heterocycles. The van der Waals surface area contributed by atoms with Crippen molar-refractivity contribution in [1.82, 2.24) is 20.3 Å². The van der Waals surface area contributed by atoms with Gasteiger partial charge in [0.25, 0.3) is 5.91 Å². The molecule has 0 aliphatic rings. The Morgan fingerprint density at radius 3 is 1.20 bits per heavy atom. The lowest BCUT2D eigenvalue weighted by atomic mass is 9.81. The summed E-state index contributed by atoms with van der Waals surface area (Å²) in [5.41, 5.74) is 3.60. The van der Waals surface area contributed by atoms with Crippen molar-refractivity contribution >= 4 is 52.8 Å². The van der Waals surface area contributed by atoms with Crippen LogP contribution in [-0.2, 0) is 9.59 Å². The van der Waals surface area contributed by atoms with Crippen LogP contribution in [0.25, 0.3) is 0 Å². The first-order valence-corrected chi connectivity index (χ1v) is 19.9. The number of carbonyl (C=O) groups is 3. The van der Waals surface area contributed by atoms with E-state index in [9.17, 15) is 24.6 Å². The second kappa shape index (κ2) is 20.4. The van der Waals surface area contributed by atoms with E-state index in [2.05, 4.69) is 50.1 Å². The van der Waals surface area contributed by atoms with Gasteiger partial charge < -0.3 is 31.5 Å². The van der Waals surface area contributed by atoms with Crippen molar-refractivity contribution in [2.45, 2.75) is 117 Å². The van der Waals surface area contributed by atoms with Gasteiger partial charge in [-0.15, -0.1) is 0 Å². The van der Waals surface area contributed by atoms with Crippen molar-refractivity contribution < 1.29 is 24.6 Å². The number of nitrogens with one attached hydrogen (secondary N) is 4. The molecular weight excluding hydrogens is 707 g/mol. The lowest BCUT2D eigenvalue weighted by Crippen LogP contribution is -2.40. The highest BCUT2D eigenvalue weighted by atomic mass is 16.4. The number of rotatable bonds is 21. The third kappa shape index (κ3) is 12.5. The molecule has 0 bridgehead atoms. The molecule has 0 radical (unpaired) electrons. The van der Waals surface area contributed by atoms with Gasteiger partial charge in [0.05, 0.1) is 11.8 Å². The topological polar surface area (TPSA) is 178 Å². The lowest BCUT2D eigenvalue weighted by Gasteiger charge is -2.23. The van der Waals surface area contributed by atoms with E-state index >= 15 is 0 Å². The Bertz CT molecular complexity index is 1780. The van der Waals surface area contributed by atoms with Crippen LogP contribution in [0.2, 0.25) is 0 Å². The first-order chi connectivity index (χ1) is 26.7. The molecule has 12 nitrogen and oxygen atoms in total. The predicted molar refractivity (Wildman–Crippen MR) is 224 cm³/mol. The average Bonchev–Trinajstić information content (AvgIpc) is 3.15. The van der Waals surface area contributed by atoms with E-state index in [1.807, 2.05) is 83.1 Å². The van der Waals surface area contributed by atoms with Crippen LogP contribution in [0, 0.1) is 11.8 Å². The van der Waals surface area contributed by atoms with Crippen molar-refractivity contribution in [3.05, 3.63) is 89.5 Å². The maximum absolute atomic E-state index is 12.7. The van der Waals surface area contributed by atoms with Gasteiger partial charge in [-0.2, -0.15) is 15.0 Å². The van der Waals surface area contributed by atoms with Crippen LogP contribution in [0.15, 0.2) is 72.8 Å². The monoisotopic (exact) mass is 765 g/mol. The number of unbranched alkanes of at least 4 members (excludes halogenated alkanes) is 2. The highest BCUT2D eigenvalue weighted by Crippen LogP contribution is 2.34. The van der Waals surface area contributed by atoms with Crippen LogP contribution in [0.4, 0.5) is 34.9 Å². The fraction of sp³-hybridized carbons (Fsp3) is 0.455. The summed E-state index contributed by atoms with van der Waals surface area (Å²) in [6.45, 7) is 14.1. The number of nitrogens with zero attached hydrogens (tertiary/aromatic N) is 3. The first-order valence-electron chi connectivity index (χ1n) is 19.9. The van der Waals surface area contributed by atoms with Gasteiger partial charge in [-0.05, 0) is 105 Å². The SMILES string of the molecule is CCCCC(CC)C(C(=O)O)c1ccc(Nc2nc(Nc3ccc(C(=O)NC(C)(C)C)cc3)nc(Nc3ccc(C(C(=O)O)C(CC)CCCC)cc3)n2)cc1. The summed E-state index contributed by atoms with van der Waals surface area (Å²) in [6.07, 6.45) is 7.26. The van der Waals surface area contributed by atoms with E-state index < -0.39 is 23.8 Å². The van der Waals surface area contributed by atoms with Crippen molar-refractivity contribution in [3.8, 4) is 0 Å². The molecule has 0 fully saturated rings. The first kappa shape index (κ1) is 43.2. The Hall–Kier alpha value is -5.52. The van der Waals surface area contributed by atoms with Crippen molar-refractivity contribution in [3.63, 3.8) is 0 Å². The maximum Gasteiger partial charge on any atom is 0.311 e. The third-order valence-electron chi connectivity index (χ3n) is 9.96. The van der Waals surface area contributed by atoms with Gasteiger partial charge >= 0.3 is 11.9 Å². The maximum atomic E-state index is 12.7. The van der Waals surface area contributed by atoms with Gasteiger partial charge in [0.1, 0.15) is 0 Å². The molecule has 1 aromatic heterocycles. The van der Waals surface area contributed by atoms with Crippen LogP contribution >= 0.6 is 0 Å². The molecule has 1 amide bonds. The minimum Gasteiger partial charge on any atom is -0.481 e. The zero-order valence-corrected chi connectivity index (χ0v) is 33.9. The molecule has 300 valence electrons. The van der Waals surface area contributed by atoms with Crippen LogP contribution in [0.1, 0.15) is 133 Å². The van der Waals surface area contributed by atoms with Gasteiger partial charge in [0, 0.05) is 28.2 Å². The highest BCUT2D eigenvalue weighted by molar-refractivity contribution is 5.95. The Balaban J connectivity index is 1.63. The summed E-state index contributed by atoms with van der Waals surface area (Å²) in [4.78, 5) is 51.3. The summed E-state index contributed by atoms with van der Waals surface area (Å²) in [7, 11) is 0. The van der Waals surface area contributed by atoms with E-state index in [1.54, 1.807) is 24.3 Å². The third-order valence-corrected chi connectivity index (χ3v) is 9.96. The molecule has 6 N–H and O–H groups in total. The minimum atomic E-state index is -0.825. The van der Waals surface area contributed by atoms with Crippen LogP contribution < -0.4 is 21.3 Å². The van der Waals surface area contributed by atoms with Gasteiger partial charge in [-0.3, -0.25) is 14.4 Å². The molecule has 3 aromatic carbocycles. The number of benzene rings is 3. The predicted octanol–water partition coefficient (Wildman–Crippen LogP) is 10.4.